The molecule has 0 atom stereocenters. The van der Waals surface area contributed by atoms with Crippen molar-refractivity contribution in [3.05, 3.63) is 40.1 Å². The van der Waals surface area contributed by atoms with Crippen molar-refractivity contribution in [3.8, 4) is 0 Å². The number of nitrogens with one attached hydrogen (secondary N) is 1. The maximum absolute atomic E-state index is 5.70. The van der Waals surface area contributed by atoms with Crippen molar-refractivity contribution in [2.75, 3.05) is 11.1 Å². The molecule has 0 radical (unpaired) electrons. The van der Waals surface area contributed by atoms with Crippen LogP contribution in [0, 0.1) is 6.92 Å². The summed E-state index contributed by atoms with van der Waals surface area (Å²) in [4.78, 5) is 4.35. The molecular weight excluding hydrogens is 246 g/mol. The molecule has 0 amide bonds. The SMILES string of the molecule is Cc1cscc1CNc1nc2ccc(N)cc2o1. The van der Waals surface area contributed by atoms with Gasteiger partial charge in [-0.1, -0.05) is 0 Å². The Morgan fingerprint density at radius 3 is 3.06 bits per heavy atom. The third-order valence-corrected chi connectivity index (χ3v) is 3.71. The Balaban J connectivity index is 1.81. The molecule has 5 heteroatoms. The first-order valence-electron chi connectivity index (χ1n) is 5.64. The maximum Gasteiger partial charge on any atom is 0.295 e. The average molecular weight is 259 g/mol. The van der Waals surface area contributed by atoms with E-state index in [-0.39, 0.29) is 0 Å². The minimum Gasteiger partial charge on any atom is -0.423 e. The van der Waals surface area contributed by atoms with Crippen molar-refractivity contribution in [1.29, 1.82) is 0 Å². The summed E-state index contributed by atoms with van der Waals surface area (Å²) in [5.74, 6) is 0. The van der Waals surface area contributed by atoms with Crippen LogP contribution in [0.3, 0.4) is 0 Å². The van der Waals surface area contributed by atoms with Crippen molar-refractivity contribution >= 4 is 34.1 Å². The van der Waals surface area contributed by atoms with Crippen LogP contribution in [-0.2, 0) is 6.54 Å². The van der Waals surface area contributed by atoms with Gasteiger partial charge in [0, 0.05) is 18.3 Å². The molecule has 0 fully saturated rings. The van der Waals surface area contributed by atoms with E-state index in [2.05, 4.69) is 28.0 Å². The zero-order chi connectivity index (χ0) is 12.5. The number of aromatic nitrogens is 1. The Hall–Kier alpha value is -2.01. The van der Waals surface area contributed by atoms with E-state index in [4.69, 9.17) is 10.2 Å². The number of benzene rings is 1. The van der Waals surface area contributed by atoms with Crippen LogP contribution >= 0.6 is 11.3 Å². The fourth-order valence-electron chi connectivity index (χ4n) is 1.76. The molecule has 92 valence electrons. The molecule has 0 aliphatic rings. The van der Waals surface area contributed by atoms with E-state index >= 15 is 0 Å². The molecule has 3 N–H and O–H groups in total. The minimum atomic E-state index is 0.529. The summed E-state index contributed by atoms with van der Waals surface area (Å²) in [6, 6.07) is 5.98. The Morgan fingerprint density at radius 1 is 1.39 bits per heavy atom. The summed E-state index contributed by atoms with van der Waals surface area (Å²) in [6.45, 7) is 2.82. The zero-order valence-corrected chi connectivity index (χ0v) is 10.8. The standard InChI is InChI=1S/C13H13N3OS/c1-8-6-18-7-9(8)5-15-13-16-11-3-2-10(14)4-12(11)17-13/h2-4,6-7H,5,14H2,1H3,(H,15,16). The topological polar surface area (TPSA) is 64.1 Å². The van der Waals surface area contributed by atoms with Gasteiger partial charge in [0.15, 0.2) is 5.58 Å². The molecule has 0 unspecified atom stereocenters. The Morgan fingerprint density at radius 2 is 2.28 bits per heavy atom. The van der Waals surface area contributed by atoms with E-state index in [9.17, 15) is 0 Å². The summed E-state index contributed by atoms with van der Waals surface area (Å²) >= 11 is 1.70. The van der Waals surface area contributed by atoms with Crippen molar-refractivity contribution < 1.29 is 4.42 Å². The normalized spacial score (nSPS) is 10.9. The number of rotatable bonds is 3. The van der Waals surface area contributed by atoms with Crippen LogP contribution in [-0.4, -0.2) is 4.98 Å². The van der Waals surface area contributed by atoms with Crippen LogP contribution in [0.5, 0.6) is 0 Å². The van der Waals surface area contributed by atoms with E-state index in [0.29, 0.717) is 17.3 Å². The van der Waals surface area contributed by atoms with Crippen LogP contribution in [0.2, 0.25) is 0 Å². The Labute approximate surface area is 108 Å². The average Bonchev–Trinajstić information content (AvgIpc) is 2.92. The molecular formula is C13H13N3OS. The second-order valence-corrected chi connectivity index (χ2v) is 4.92. The van der Waals surface area contributed by atoms with Crippen LogP contribution in [0.1, 0.15) is 11.1 Å². The highest BCUT2D eigenvalue weighted by molar-refractivity contribution is 7.08. The molecule has 3 rings (SSSR count). The summed E-state index contributed by atoms with van der Waals surface area (Å²) in [5.41, 5.74) is 10.4. The van der Waals surface area contributed by atoms with Crippen molar-refractivity contribution in [2.45, 2.75) is 13.5 Å². The first kappa shape index (κ1) is 11.1. The highest BCUT2D eigenvalue weighted by atomic mass is 32.1. The van der Waals surface area contributed by atoms with Crippen LogP contribution in [0.15, 0.2) is 33.4 Å². The largest absolute Gasteiger partial charge is 0.423 e. The summed E-state index contributed by atoms with van der Waals surface area (Å²) in [6.07, 6.45) is 0. The number of nitrogens with zero attached hydrogens (tertiary/aromatic N) is 1. The third kappa shape index (κ3) is 2.04. The first-order valence-corrected chi connectivity index (χ1v) is 6.58. The molecule has 0 saturated carbocycles. The zero-order valence-electron chi connectivity index (χ0n) is 9.93. The monoisotopic (exact) mass is 259 g/mol. The van der Waals surface area contributed by atoms with Gasteiger partial charge in [0.25, 0.3) is 6.01 Å². The lowest BCUT2D eigenvalue weighted by Gasteiger charge is -2.00. The molecule has 0 spiro atoms. The van der Waals surface area contributed by atoms with Crippen LogP contribution < -0.4 is 11.1 Å². The third-order valence-electron chi connectivity index (χ3n) is 2.80. The maximum atomic E-state index is 5.70. The lowest BCUT2D eigenvalue weighted by atomic mass is 10.2. The summed E-state index contributed by atoms with van der Waals surface area (Å²) < 4.78 is 5.59. The summed E-state index contributed by atoms with van der Waals surface area (Å²) in [7, 11) is 0. The van der Waals surface area contributed by atoms with Gasteiger partial charge in [-0.3, -0.25) is 0 Å². The van der Waals surface area contributed by atoms with Gasteiger partial charge < -0.3 is 15.5 Å². The number of oxazole rings is 1. The predicted octanol–water partition coefficient (Wildman–Crippen LogP) is 3.39. The highest BCUT2D eigenvalue weighted by Crippen LogP contribution is 2.22. The molecule has 1 aromatic carbocycles. The first-order chi connectivity index (χ1) is 8.72. The number of hydrogen-bond acceptors (Lipinski definition) is 5. The molecule has 0 aliphatic heterocycles. The molecule has 2 aromatic heterocycles. The summed E-state index contributed by atoms with van der Waals surface area (Å²) in [5, 5.41) is 7.44. The van der Waals surface area contributed by atoms with Gasteiger partial charge in [0.1, 0.15) is 5.52 Å². The number of thiophene rings is 1. The van der Waals surface area contributed by atoms with Gasteiger partial charge in [-0.2, -0.15) is 16.3 Å². The van der Waals surface area contributed by atoms with Crippen LogP contribution in [0.25, 0.3) is 11.1 Å². The number of aryl methyl sites for hydroxylation is 1. The van der Waals surface area contributed by atoms with Crippen molar-refractivity contribution in [3.63, 3.8) is 0 Å². The second kappa shape index (κ2) is 4.34. The highest BCUT2D eigenvalue weighted by Gasteiger charge is 2.06. The number of fused-ring (bicyclic) bond motifs is 1. The van der Waals surface area contributed by atoms with Crippen molar-refractivity contribution in [2.24, 2.45) is 0 Å². The predicted molar refractivity (Wildman–Crippen MR) is 74.8 cm³/mol. The second-order valence-electron chi connectivity index (χ2n) is 4.18. The molecule has 4 nitrogen and oxygen atoms in total. The fourth-order valence-corrected chi connectivity index (χ4v) is 2.61. The van der Waals surface area contributed by atoms with E-state index in [1.807, 2.05) is 12.1 Å². The lowest BCUT2D eigenvalue weighted by molar-refractivity contribution is 0.614. The van der Waals surface area contributed by atoms with Gasteiger partial charge in [-0.05, 0) is 40.9 Å². The molecule has 0 bridgehead atoms. The minimum absolute atomic E-state index is 0.529. The number of anilines is 2. The Bertz CT molecular complexity index is 686. The number of nitrogen functional groups attached to an aromatic ring is 1. The van der Waals surface area contributed by atoms with Gasteiger partial charge in [0.2, 0.25) is 0 Å². The number of nitrogens with two attached hydrogens (primary N) is 1. The van der Waals surface area contributed by atoms with E-state index in [0.717, 1.165) is 12.1 Å². The number of hydrogen-bond donors (Lipinski definition) is 2. The molecule has 2 heterocycles. The van der Waals surface area contributed by atoms with E-state index in [1.165, 1.54) is 11.1 Å². The molecule has 18 heavy (non-hydrogen) atoms. The van der Waals surface area contributed by atoms with Crippen molar-refractivity contribution in [1.82, 2.24) is 4.98 Å². The van der Waals surface area contributed by atoms with E-state index in [1.54, 1.807) is 17.4 Å². The quantitative estimate of drug-likeness (QED) is 0.708. The van der Waals surface area contributed by atoms with Crippen LogP contribution in [0.4, 0.5) is 11.7 Å². The fraction of sp³-hybridized carbons (Fsp3) is 0.154. The Kier molecular flexibility index (Phi) is 2.68. The lowest BCUT2D eigenvalue weighted by Crippen LogP contribution is -1.99. The molecule has 0 saturated heterocycles. The van der Waals surface area contributed by atoms with Gasteiger partial charge in [0.05, 0.1) is 0 Å². The van der Waals surface area contributed by atoms with Gasteiger partial charge in [-0.15, -0.1) is 0 Å². The molecule has 0 aliphatic carbocycles. The van der Waals surface area contributed by atoms with Gasteiger partial charge in [-0.25, -0.2) is 0 Å². The smallest absolute Gasteiger partial charge is 0.295 e. The van der Waals surface area contributed by atoms with Gasteiger partial charge >= 0.3 is 0 Å². The molecule has 3 aromatic rings. The van der Waals surface area contributed by atoms with E-state index < -0.39 is 0 Å².